The Labute approximate surface area is 124 Å². The molecule has 0 amide bonds. The van der Waals surface area contributed by atoms with Crippen LogP contribution in [0.2, 0.25) is 0 Å². The van der Waals surface area contributed by atoms with Crippen molar-refractivity contribution in [1.29, 1.82) is 0 Å². The predicted molar refractivity (Wildman–Crippen MR) is 84.8 cm³/mol. The lowest BCUT2D eigenvalue weighted by Crippen LogP contribution is -2.05. The van der Waals surface area contributed by atoms with E-state index in [0.717, 1.165) is 28.0 Å². The average molecular weight is 288 g/mol. The monoisotopic (exact) mass is 288 g/mol. The standard InChI is InChI=1S/C17H20O2S/c1-11-9-12(2)16(15(10-11)19-3)17(18)13-5-7-14(20-4)8-6-13/h5-10,17-18H,1-4H3. The molecule has 0 bridgehead atoms. The van der Waals surface area contributed by atoms with E-state index in [1.54, 1.807) is 18.9 Å². The molecule has 1 N–H and O–H groups in total. The van der Waals surface area contributed by atoms with Crippen LogP contribution in [0.15, 0.2) is 41.3 Å². The summed E-state index contributed by atoms with van der Waals surface area (Å²) in [7, 11) is 1.64. The fourth-order valence-corrected chi connectivity index (χ4v) is 2.82. The third kappa shape index (κ3) is 3.00. The Hall–Kier alpha value is -1.45. The first-order chi connectivity index (χ1) is 9.56. The van der Waals surface area contributed by atoms with Crippen LogP contribution in [0, 0.1) is 13.8 Å². The molecule has 0 heterocycles. The van der Waals surface area contributed by atoms with Crippen molar-refractivity contribution in [2.45, 2.75) is 24.8 Å². The van der Waals surface area contributed by atoms with Gasteiger partial charge in [-0.2, -0.15) is 0 Å². The van der Waals surface area contributed by atoms with Crippen molar-refractivity contribution in [3.63, 3.8) is 0 Å². The Bertz CT molecular complexity index is 591. The highest BCUT2D eigenvalue weighted by Crippen LogP contribution is 2.34. The number of rotatable bonds is 4. The van der Waals surface area contributed by atoms with Crippen LogP contribution >= 0.6 is 11.8 Å². The van der Waals surface area contributed by atoms with Gasteiger partial charge in [0.2, 0.25) is 0 Å². The second-order valence-electron chi connectivity index (χ2n) is 4.87. The van der Waals surface area contributed by atoms with E-state index in [9.17, 15) is 5.11 Å². The normalized spacial score (nSPS) is 12.2. The van der Waals surface area contributed by atoms with E-state index in [1.165, 1.54) is 4.90 Å². The zero-order chi connectivity index (χ0) is 14.7. The third-order valence-corrected chi connectivity index (χ3v) is 4.16. The van der Waals surface area contributed by atoms with Gasteiger partial charge in [0.25, 0.3) is 0 Å². The molecule has 0 saturated carbocycles. The van der Waals surface area contributed by atoms with Crippen molar-refractivity contribution >= 4 is 11.8 Å². The summed E-state index contributed by atoms with van der Waals surface area (Å²) in [5.41, 5.74) is 3.90. The van der Waals surface area contributed by atoms with Crippen molar-refractivity contribution in [2.75, 3.05) is 13.4 Å². The highest BCUT2D eigenvalue weighted by atomic mass is 32.2. The van der Waals surface area contributed by atoms with Gasteiger partial charge in [-0.25, -0.2) is 0 Å². The molecule has 2 nitrogen and oxygen atoms in total. The second kappa shape index (κ2) is 6.33. The molecule has 2 aromatic rings. The first-order valence-electron chi connectivity index (χ1n) is 6.54. The van der Waals surface area contributed by atoms with E-state index in [-0.39, 0.29) is 0 Å². The van der Waals surface area contributed by atoms with E-state index >= 15 is 0 Å². The van der Waals surface area contributed by atoms with Gasteiger partial charge in [0.1, 0.15) is 11.9 Å². The lowest BCUT2D eigenvalue weighted by molar-refractivity contribution is 0.214. The number of benzene rings is 2. The number of aliphatic hydroxyl groups excluding tert-OH is 1. The fourth-order valence-electron chi connectivity index (χ4n) is 2.41. The molecule has 0 saturated heterocycles. The van der Waals surface area contributed by atoms with Gasteiger partial charge in [-0.05, 0) is 55.0 Å². The number of thioether (sulfide) groups is 1. The Morgan fingerprint density at radius 2 is 1.75 bits per heavy atom. The fraction of sp³-hybridized carbons (Fsp3) is 0.294. The quantitative estimate of drug-likeness (QED) is 0.858. The second-order valence-corrected chi connectivity index (χ2v) is 5.75. The van der Waals surface area contributed by atoms with Crippen molar-refractivity contribution in [1.82, 2.24) is 0 Å². The number of hydrogen-bond acceptors (Lipinski definition) is 3. The molecule has 0 aromatic heterocycles. The molecule has 106 valence electrons. The molecule has 0 spiro atoms. The molecule has 2 rings (SSSR count). The topological polar surface area (TPSA) is 29.5 Å². The lowest BCUT2D eigenvalue weighted by atomic mass is 9.95. The number of ether oxygens (including phenoxy) is 1. The molecule has 0 fully saturated rings. The highest BCUT2D eigenvalue weighted by molar-refractivity contribution is 7.98. The molecule has 2 aromatic carbocycles. The summed E-state index contributed by atoms with van der Waals surface area (Å²) in [4.78, 5) is 1.19. The van der Waals surface area contributed by atoms with Crippen molar-refractivity contribution in [2.24, 2.45) is 0 Å². The molecular formula is C17H20O2S. The molecule has 0 radical (unpaired) electrons. The smallest absolute Gasteiger partial charge is 0.125 e. The molecule has 20 heavy (non-hydrogen) atoms. The number of aryl methyl sites for hydroxylation is 2. The lowest BCUT2D eigenvalue weighted by Gasteiger charge is -2.19. The molecule has 1 unspecified atom stereocenters. The molecule has 3 heteroatoms. The number of methoxy groups -OCH3 is 1. The van der Waals surface area contributed by atoms with Gasteiger partial charge in [0, 0.05) is 10.5 Å². The minimum absolute atomic E-state index is 0.665. The van der Waals surface area contributed by atoms with Crippen LogP contribution in [0.5, 0.6) is 5.75 Å². The Morgan fingerprint density at radius 3 is 2.30 bits per heavy atom. The number of aliphatic hydroxyl groups is 1. The van der Waals surface area contributed by atoms with Gasteiger partial charge in [0.15, 0.2) is 0 Å². The van der Waals surface area contributed by atoms with Gasteiger partial charge in [-0.3, -0.25) is 0 Å². The van der Waals surface area contributed by atoms with Crippen LogP contribution in [-0.4, -0.2) is 18.5 Å². The Morgan fingerprint density at radius 1 is 1.10 bits per heavy atom. The summed E-state index contributed by atoms with van der Waals surface area (Å²) in [6.45, 7) is 4.03. The van der Waals surface area contributed by atoms with Gasteiger partial charge in [0.05, 0.1) is 7.11 Å². The molecule has 0 aliphatic carbocycles. The van der Waals surface area contributed by atoms with Crippen molar-refractivity contribution in [3.05, 3.63) is 58.7 Å². The maximum atomic E-state index is 10.7. The van der Waals surface area contributed by atoms with Gasteiger partial charge < -0.3 is 9.84 Å². The Balaban J connectivity index is 2.44. The zero-order valence-electron chi connectivity index (χ0n) is 12.3. The van der Waals surface area contributed by atoms with Gasteiger partial charge in [-0.1, -0.05) is 18.2 Å². The van der Waals surface area contributed by atoms with E-state index in [4.69, 9.17) is 4.74 Å². The third-order valence-electron chi connectivity index (χ3n) is 3.42. The molecule has 0 aliphatic rings. The zero-order valence-corrected chi connectivity index (χ0v) is 13.1. The van der Waals surface area contributed by atoms with Crippen LogP contribution in [0.25, 0.3) is 0 Å². The summed E-state index contributed by atoms with van der Waals surface area (Å²) in [5, 5.41) is 10.7. The van der Waals surface area contributed by atoms with Crippen LogP contribution in [0.4, 0.5) is 0 Å². The SMILES string of the molecule is COc1cc(C)cc(C)c1C(O)c1ccc(SC)cc1. The van der Waals surface area contributed by atoms with Crippen LogP contribution in [-0.2, 0) is 0 Å². The van der Waals surface area contributed by atoms with Crippen molar-refractivity contribution < 1.29 is 9.84 Å². The summed E-state index contributed by atoms with van der Waals surface area (Å²) in [6, 6.07) is 12.0. The van der Waals surface area contributed by atoms with E-state index in [0.29, 0.717) is 0 Å². The molecular weight excluding hydrogens is 268 g/mol. The summed E-state index contributed by atoms with van der Waals surface area (Å²) in [6.07, 6.45) is 1.37. The highest BCUT2D eigenvalue weighted by Gasteiger charge is 2.18. The van der Waals surface area contributed by atoms with E-state index < -0.39 is 6.10 Å². The number of hydrogen-bond donors (Lipinski definition) is 1. The van der Waals surface area contributed by atoms with Crippen LogP contribution < -0.4 is 4.74 Å². The minimum atomic E-state index is -0.665. The van der Waals surface area contributed by atoms with Gasteiger partial charge in [-0.15, -0.1) is 11.8 Å². The Kier molecular flexibility index (Phi) is 4.73. The first kappa shape index (κ1) is 14.9. The van der Waals surface area contributed by atoms with Crippen LogP contribution in [0.3, 0.4) is 0 Å². The first-order valence-corrected chi connectivity index (χ1v) is 7.76. The van der Waals surface area contributed by atoms with Crippen LogP contribution in [0.1, 0.15) is 28.4 Å². The van der Waals surface area contributed by atoms with Crippen molar-refractivity contribution in [3.8, 4) is 5.75 Å². The van der Waals surface area contributed by atoms with E-state index in [2.05, 4.69) is 6.07 Å². The molecule has 1 atom stereocenters. The minimum Gasteiger partial charge on any atom is -0.496 e. The average Bonchev–Trinajstić information content (AvgIpc) is 2.46. The largest absolute Gasteiger partial charge is 0.496 e. The maximum Gasteiger partial charge on any atom is 0.125 e. The summed E-state index contributed by atoms with van der Waals surface area (Å²) >= 11 is 1.69. The molecule has 0 aliphatic heterocycles. The van der Waals surface area contributed by atoms with E-state index in [1.807, 2.05) is 50.4 Å². The van der Waals surface area contributed by atoms with Gasteiger partial charge >= 0.3 is 0 Å². The maximum absolute atomic E-state index is 10.7. The summed E-state index contributed by atoms with van der Waals surface area (Å²) < 4.78 is 5.43. The summed E-state index contributed by atoms with van der Waals surface area (Å²) in [5.74, 6) is 0.740. The predicted octanol–water partition coefficient (Wildman–Crippen LogP) is 4.12.